The molecule has 0 spiro atoms. The van der Waals surface area contributed by atoms with E-state index >= 15 is 0 Å². The zero-order valence-corrected chi connectivity index (χ0v) is 13.3. The van der Waals surface area contributed by atoms with E-state index in [4.69, 9.17) is 9.47 Å². The zero-order chi connectivity index (χ0) is 17.4. The number of carbonyl (C=O) groups excluding carboxylic acids is 2. The molecule has 0 unspecified atom stereocenters. The van der Waals surface area contributed by atoms with E-state index in [1.54, 1.807) is 6.07 Å². The molecule has 5 nitrogen and oxygen atoms in total. The number of esters is 1. The highest BCUT2D eigenvalue weighted by atomic mass is 19.1. The van der Waals surface area contributed by atoms with Gasteiger partial charge in [0.1, 0.15) is 0 Å². The van der Waals surface area contributed by atoms with E-state index in [-0.39, 0.29) is 5.75 Å². The Labute approximate surface area is 139 Å². The first-order valence-corrected chi connectivity index (χ1v) is 7.40. The summed E-state index contributed by atoms with van der Waals surface area (Å²) in [4.78, 5) is 23.2. The van der Waals surface area contributed by atoms with Crippen LogP contribution in [0.25, 0.3) is 0 Å². The van der Waals surface area contributed by atoms with Crippen molar-refractivity contribution in [3.63, 3.8) is 0 Å². The summed E-state index contributed by atoms with van der Waals surface area (Å²) in [6.07, 6.45) is 0. The van der Waals surface area contributed by atoms with Crippen LogP contribution in [0, 0.1) is 12.7 Å². The Balaban J connectivity index is 1.69. The fourth-order valence-corrected chi connectivity index (χ4v) is 1.94. The van der Waals surface area contributed by atoms with Crippen molar-refractivity contribution < 1.29 is 23.5 Å². The van der Waals surface area contributed by atoms with Gasteiger partial charge in [0.25, 0.3) is 5.91 Å². The van der Waals surface area contributed by atoms with Gasteiger partial charge in [-0.25, -0.2) is 9.18 Å². The summed E-state index contributed by atoms with van der Waals surface area (Å²) < 4.78 is 23.1. The van der Waals surface area contributed by atoms with E-state index in [9.17, 15) is 14.0 Å². The lowest BCUT2D eigenvalue weighted by Gasteiger charge is -2.09. The number of rotatable bonds is 7. The number of ether oxygens (including phenoxy) is 2. The number of halogens is 1. The standard InChI is InChI=1S/C18H18FNO4/c1-13-6-2-3-7-14(13)10-20-17(21)11-24-18(22)12-23-16-9-5-4-8-15(16)19/h2-9H,10-12H2,1H3,(H,20,21). The minimum Gasteiger partial charge on any atom is -0.479 e. The van der Waals surface area contributed by atoms with Crippen molar-refractivity contribution >= 4 is 11.9 Å². The molecule has 0 saturated carbocycles. The van der Waals surface area contributed by atoms with Gasteiger partial charge >= 0.3 is 5.97 Å². The first-order valence-electron chi connectivity index (χ1n) is 7.40. The molecule has 0 heterocycles. The molecule has 0 radical (unpaired) electrons. The summed E-state index contributed by atoms with van der Waals surface area (Å²) >= 11 is 0. The number of aryl methyl sites for hydroxylation is 1. The molecule has 0 bridgehead atoms. The fourth-order valence-electron chi connectivity index (χ4n) is 1.94. The van der Waals surface area contributed by atoms with Crippen LogP contribution < -0.4 is 10.1 Å². The number of amides is 1. The lowest BCUT2D eigenvalue weighted by atomic mass is 10.1. The van der Waals surface area contributed by atoms with Crippen LogP contribution in [0.15, 0.2) is 48.5 Å². The monoisotopic (exact) mass is 331 g/mol. The SMILES string of the molecule is Cc1ccccc1CNC(=O)COC(=O)COc1ccccc1F. The third kappa shape index (κ3) is 5.39. The van der Waals surface area contributed by atoms with Crippen molar-refractivity contribution in [3.05, 3.63) is 65.5 Å². The fraction of sp³-hybridized carbons (Fsp3) is 0.222. The Morgan fingerprint density at radius 2 is 1.75 bits per heavy atom. The molecule has 2 aromatic rings. The lowest BCUT2D eigenvalue weighted by Crippen LogP contribution is -2.29. The van der Waals surface area contributed by atoms with Gasteiger partial charge in [-0.2, -0.15) is 0 Å². The summed E-state index contributed by atoms with van der Waals surface area (Å²) in [5, 5.41) is 2.66. The number of nitrogens with one attached hydrogen (secondary N) is 1. The van der Waals surface area contributed by atoms with Crippen LogP contribution in [0.1, 0.15) is 11.1 Å². The van der Waals surface area contributed by atoms with Gasteiger partial charge in [0, 0.05) is 6.54 Å². The van der Waals surface area contributed by atoms with Crippen LogP contribution in [-0.4, -0.2) is 25.1 Å². The van der Waals surface area contributed by atoms with Crippen molar-refractivity contribution in [2.24, 2.45) is 0 Å². The predicted octanol–water partition coefficient (Wildman–Crippen LogP) is 2.37. The average molecular weight is 331 g/mol. The molecule has 0 aliphatic heterocycles. The van der Waals surface area contributed by atoms with E-state index in [0.29, 0.717) is 6.54 Å². The molecule has 2 aromatic carbocycles. The molecule has 0 aliphatic carbocycles. The molecule has 1 N–H and O–H groups in total. The highest BCUT2D eigenvalue weighted by Crippen LogP contribution is 2.15. The van der Waals surface area contributed by atoms with Gasteiger partial charge in [0.15, 0.2) is 24.8 Å². The first kappa shape index (κ1) is 17.5. The number of carbonyl (C=O) groups is 2. The van der Waals surface area contributed by atoms with E-state index in [1.165, 1.54) is 18.2 Å². The van der Waals surface area contributed by atoms with Gasteiger partial charge in [0.05, 0.1) is 0 Å². The first-order chi connectivity index (χ1) is 11.6. The van der Waals surface area contributed by atoms with Gasteiger partial charge in [0.2, 0.25) is 0 Å². The minimum atomic E-state index is -0.746. The van der Waals surface area contributed by atoms with Gasteiger partial charge in [-0.1, -0.05) is 36.4 Å². The van der Waals surface area contributed by atoms with Gasteiger partial charge < -0.3 is 14.8 Å². The van der Waals surface area contributed by atoms with Crippen LogP contribution in [0.3, 0.4) is 0 Å². The molecule has 0 aliphatic rings. The highest BCUT2D eigenvalue weighted by Gasteiger charge is 2.10. The second-order valence-electron chi connectivity index (χ2n) is 5.08. The third-order valence-electron chi connectivity index (χ3n) is 3.28. The maximum absolute atomic E-state index is 13.3. The van der Waals surface area contributed by atoms with Crippen LogP contribution in [0.2, 0.25) is 0 Å². The summed E-state index contributed by atoms with van der Waals surface area (Å²) in [5.41, 5.74) is 2.05. The van der Waals surface area contributed by atoms with E-state index in [2.05, 4.69) is 5.32 Å². The summed E-state index contributed by atoms with van der Waals surface area (Å²) in [5.74, 6) is -1.78. The summed E-state index contributed by atoms with van der Waals surface area (Å²) in [6, 6.07) is 13.4. The molecular formula is C18H18FNO4. The second kappa shape index (κ2) is 8.67. The Kier molecular flexibility index (Phi) is 6.31. The third-order valence-corrected chi connectivity index (χ3v) is 3.28. The highest BCUT2D eigenvalue weighted by molar-refractivity contribution is 5.80. The van der Waals surface area contributed by atoms with Crippen LogP contribution in [0.5, 0.6) is 5.75 Å². The molecule has 1 amide bonds. The smallest absolute Gasteiger partial charge is 0.344 e. The van der Waals surface area contributed by atoms with Crippen molar-refractivity contribution in [2.45, 2.75) is 13.5 Å². The topological polar surface area (TPSA) is 64.6 Å². The molecule has 126 valence electrons. The number of hydrogen-bond donors (Lipinski definition) is 1. The maximum atomic E-state index is 13.3. The van der Waals surface area contributed by atoms with Gasteiger partial charge in [-0.3, -0.25) is 4.79 Å². The Bertz CT molecular complexity index is 656. The van der Waals surface area contributed by atoms with E-state index < -0.39 is 30.9 Å². The van der Waals surface area contributed by atoms with E-state index in [1.807, 2.05) is 31.2 Å². The van der Waals surface area contributed by atoms with Crippen molar-refractivity contribution in [1.29, 1.82) is 0 Å². The van der Waals surface area contributed by atoms with Gasteiger partial charge in [-0.15, -0.1) is 0 Å². The number of hydrogen-bond acceptors (Lipinski definition) is 4. The molecular weight excluding hydrogens is 313 g/mol. The van der Waals surface area contributed by atoms with Crippen molar-refractivity contribution in [3.8, 4) is 5.75 Å². The van der Waals surface area contributed by atoms with Crippen molar-refractivity contribution in [1.82, 2.24) is 5.32 Å². The van der Waals surface area contributed by atoms with E-state index in [0.717, 1.165) is 11.1 Å². The number of benzene rings is 2. The summed E-state index contributed by atoms with van der Waals surface area (Å²) in [7, 11) is 0. The maximum Gasteiger partial charge on any atom is 0.344 e. The average Bonchev–Trinajstić information content (AvgIpc) is 2.58. The molecule has 0 atom stereocenters. The van der Waals surface area contributed by atoms with Crippen LogP contribution >= 0.6 is 0 Å². The zero-order valence-electron chi connectivity index (χ0n) is 13.3. The Hall–Kier alpha value is -2.89. The second-order valence-corrected chi connectivity index (χ2v) is 5.08. The largest absolute Gasteiger partial charge is 0.479 e. The molecule has 0 fully saturated rings. The number of para-hydroxylation sites is 1. The van der Waals surface area contributed by atoms with Crippen molar-refractivity contribution in [2.75, 3.05) is 13.2 Å². The predicted molar refractivity (Wildman–Crippen MR) is 85.9 cm³/mol. The summed E-state index contributed by atoms with van der Waals surface area (Å²) in [6.45, 7) is 1.42. The normalized spacial score (nSPS) is 10.1. The minimum absolute atomic E-state index is 0.0431. The van der Waals surface area contributed by atoms with Gasteiger partial charge in [-0.05, 0) is 30.2 Å². The Morgan fingerprint density at radius 1 is 1.04 bits per heavy atom. The molecule has 6 heteroatoms. The van der Waals surface area contributed by atoms with Crippen LogP contribution in [0.4, 0.5) is 4.39 Å². The lowest BCUT2D eigenvalue weighted by molar-refractivity contribution is -0.150. The quantitative estimate of drug-likeness (QED) is 0.791. The molecule has 24 heavy (non-hydrogen) atoms. The van der Waals surface area contributed by atoms with Crippen LogP contribution in [-0.2, 0) is 20.9 Å². The molecule has 2 rings (SSSR count). The Morgan fingerprint density at radius 3 is 2.50 bits per heavy atom. The molecule has 0 saturated heterocycles. The molecule has 0 aromatic heterocycles.